The lowest BCUT2D eigenvalue weighted by Gasteiger charge is -2.02. The van der Waals surface area contributed by atoms with Crippen LogP contribution in [0, 0.1) is 0 Å². The first-order valence-electron chi connectivity index (χ1n) is 4.88. The Kier molecular flexibility index (Phi) is 2.46. The third-order valence-corrected chi connectivity index (χ3v) is 2.64. The number of carbonyl (C=O) groups is 1. The predicted molar refractivity (Wildman–Crippen MR) is 59.2 cm³/mol. The van der Waals surface area contributed by atoms with Gasteiger partial charge in [-0.2, -0.15) is 0 Å². The number of esters is 1. The van der Waals surface area contributed by atoms with Gasteiger partial charge in [0.2, 0.25) is 0 Å². The van der Waals surface area contributed by atoms with Gasteiger partial charge in [-0.1, -0.05) is 6.07 Å². The van der Waals surface area contributed by atoms with Gasteiger partial charge in [0.05, 0.1) is 7.11 Å². The number of aryl methyl sites for hydroxylation is 1. The van der Waals surface area contributed by atoms with Crippen molar-refractivity contribution in [1.29, 1.82) is 0 Å². The summed E-state index contributed by atoms with van der Waals surface area (Å²) >= 11 is 0. The summed E-state index contributed by atoms with van der Waals surface area (Å²) in [4.78, 5) is 11.1. The fourth-order valence-electron chi connectivity index (χ4n) is 1.87. The molecule has 0 heterocycles. The van der Waals surface area contributed by atoms with Crippen molar-refractivity contribution >= 4 is 17.2 Å². The van der Waals surface area contributed by atoms with Crippen LogP contribution in [0.5, 0.6) is 0 Å². The summed E-state index contributed by atoms with van der Waals surface area (Å²) in [5, 5.41) is 0. The minimum Gasteiger partial charge on any atom is -0.466 e. The van der Waals surface area contributed by atoms with Crippen molar-refractivity contribution in [3.05, 3.63) is 35.4 Å². The summed E-state index contributed by atoms with van der Waals surface area (Å²) in [7, 11) is 1.38. The highest BCUT2D eigenvalue weighted by atomic mass is 16.5. The number of hydrogen-bond acceptors (Lipinski definition) is 3. The fraction of sp³-hybridized carbons (Fsp3) is 0.250. The largest absolute Gasteiger partial charge is 0.466 e. The van der Waals surface area contributed by atoms with E-state index in [0.29, 0.717) is 0 Å². The lowest BCUT2D eigenvalue weighted by molar-refractivity contribution is -0.134. The van der Waals surface area contributed by atoms with Crippen molar-refractivity contribution in [3.63, 3.8) is 0 Å². The second-order valence-electron chi connectivity index (χ2n) is 3.61. The molecule has 0 atom stereocenters. The molecular weight excluding hydrogens is 190 g/mol. The maximum Gasteiger partial charge on any atom is 0.330 e. The number of nitrogen functional groups attached to an aromatic ring is 1. The van der Waals surface area contributed by atoms with Gasteiger partial charge in [0.25, 0.3) is 0 Å². The summed E-state index contributed by atoms with van der Waals surface area (Å²) in [5.41, 5.74) is 9.79. The van der Waals surface area contributed by atoms with Crippen molar-refractivity contribution in [3.8, 4) is 0 Å². The van der Waals surface area contributed by atoms with Crippen LogP contribution in [0.1, 0.15) is 17.5 Å². The highest BCUT2D eigenvalue weighted by Crippen LogP contribution is 2.33. The van der Waals surface area contributed by atoms with E-state index in [1.807, 2.05) is 18.2 Å². The first kappa shape index (κ1) is 9.77. The predicted octanol–water partition coefficient (Wildman–Crippen LogP) is 1.77. The van der Waals surface area contributed by atoms with E-state index in [1.54, 1.807) is 6.08 Å². The summed E-state index contributed by atoms with van der Waals surface area (Å²) in [6, 6.07) is 5.82. The zero-order valence-electron chi connectivity index (χ0n) is 8.62. The number of rotatable bonds is 1. The van der Waals surface area contributed by atoms with E-state index < -0.39 is 0 Å². The minimum absolute atomic E-state index is 0.305. The Morgan fingerprint density at radius 2 is 2.27 bits per heavy atom. The van der Waals surface area contributed by atoms with Crippen LogP contribution >= 0.6 is 0 Å². The third-order valence-electron chi connectivity index (χ3n) is 2.64. The van der Waals surface area contributed by atoms with E-state index in [9.17, 15) is 4.79 Å². The van der Waals surface area contributed by atoms with Crippen LogP contribution in [-0.2, 0) is 16.0 Å². The summed E-state index contributed by atoms with van der Waals surface area (Å²) < 4.78 is 4.61. The molecule has 0 spiro atoms. The van der Waals surface area contributed by atoms with Gasteiger partial charge >= 0.3 is 5.97 Å². The van der Waals surface area contributed by atoms with Gasteiger partial charge in [0.1, 0.15) is 0 Å². The average molecular weight is 203 g/mol. The normalized spacial score (nSPS) is 16.5. The van der Waals surface area contributed by atoms with Gasteiger partial charge in [-0.3, -0.25) is 0 Å². The summed E-state index contributed by atoms with van der Waals surface area (Å²) in [6.07, 6.45) is 3.40. The number of allylic oxidation sites excluding steroid dienone is 1. The van der Waals surface area contributed by atoms with Crippen molar-refractivity contribution in [2.24, 2.45) is 0 Å². The molecule has 0 amide bonds. The lowest BCUT2D eigenvalue weighted by atomic mass is 10.1. The number of methoxy groups -OCH3 is 1. The maximum atomic E-state index is 11.1. The molecule has 0 saturated heterocycles. The number of carbonyl (C=O) groups excluding carboxylic acids is 1. The van der Waals surface area contributed by atoms with Crippen LogP contribution in [0.25, 0.3) is 5.57 Å². The molecule has 2 N–H and O–H groups in total. The Balaban J connectivity index is 2.39. The molecule has 0 bridgehead atoms. The Morgan fingerprint density at radius 1 is 1.47 bits per heavy atom. The molecule has 2 rings (SSSR count). The number of hydrogen-bond donors (Lipinski definition) is 1. The number of ether oxygens (including phenoxy) is 1. The van der Waals surface area contributed by atoms with Crippen LogP contribution < -0.4 is 5.73 Å². The summed E-state index contributed by atoms with van der Waals surface area (Å²) in [6.45, 7) is 0. The zero-order valence-corrected chi connectivity index (χ0v) is 8.62. The topological polar surface area (TPSA) is 52.3 Å². The van der Waals surface area contributed by atoms with Gasteiger partial charge in [-0.05, 0) is 41.7 Å². The molecule has 3 nitrogen and oxygen atoms in total. The molecule has 78 valence electrons. The fourth-order valence-corrected chi connectivity index (χ4v) is 1.87. The van der Waals surface area contributed by atoms with E-state index in [1.165, 1.54) is 12.7 Å². The van der Waals surface area contributed by atoms with Gasteiger partial charge in [-0.15, -0.1) is 0 Å². The number of fused-ring (bicyclic) bond motifs is 1. The first-order valence-corrected chi connectivity index (χ1v) is 4.88. The van der Waals surface area contributed by atoms with Gasteiger partial charge in [0.15, 0.2) is 0 Å². The third kappa shape index (κ3) is 1.86. The number of nitrogens with two attached hydrogens (primary N) is 1. The molecule has 3 heteroatoms. The van der Waals surface area contributed by atoms with E-state index in [4.69, 9.17) is 5.73 Å². The quantitative estimate of drug-likeness (QED) is 0.430. The lowest BCUT2D eigenvalue weighted by Crippen LogP contribution is -1.96. The van der Waals surface area contributed by atoms with Crippen molar-refractivity contribution in [2.75, 3.05) is 12.8 Å². The monoisotopic (exact) mass is 203 g/mol. The van der Waals surface area contributed by atoms with Crippen molar-refractivity contribution in [1.82, 2.24) is 0 Å². The Bertz CT molecular complexity index is 435. The molecule has 0 unspecified atom stereocenters. The number of benzene rings is 1. The van der Waals surface area contributed by atoms with Crippen molar-refractivity contribution < 1.29 is 9.53 Å². The SMILES string of the molecule is COC(=O)/C=C1\CCc2ccc(N)cc21. The molecule has 0 aliphatic heterocycles. The van der Waals surface area contributed by atoms with Gasteiger partial charge in [-0.25, -0.2) is 4.79 Å². The smallest absolute Gasteiger partial charge is 0.330 e. The van der Waals surface area contributed by atoms with Crippen LogP contribution in [-0.4, -0.2) is 13.1 Å². The molecule has 15 heavy (non-hydrogen) atoms. The summed E-state index contributed by atoms with van der Waals surface area (Å²) in [5.74, 6) is -0.305. The molecular formula is C12H13NO2. The van der Waals surface area contributed by atoms with Crippen molar-refractivity contribution in [2.45, 2.75) is 12.8 Å². The van der Waals surface area contributed by atoms with Crippen LogP contribution in [0.3, 0.4) is 0 Å². The molecule has 1 aromatic carbocycles. The van der Waals surface area contributed by atoms with E-state index in [-0.39, 0.29) is 5.97 Å². The van der Waals surface area contributed by atoms with E-state index in [2.05, 4.69) is 4.74 Å². The second kappa shape index (κ2) is 3.77. The maximum absolute atomic E-state index is 11.1. The minimum atomic E-state index is -0.305. The van der Waals surface area contributed by atoms with Crippen LogP contribution in [0.2, 0.25) is 0 Å². The Hall–Kier alpha value is -1.77. The molecule has 0 aromatic heterocycles. The first-order chi connectivity index (χ1) is 7.20. The van der Waals surface area contributed by atoms with Crippen LogP contribution in [0.15, 0.2) is 24.3 Å². The Labute approximate surface area is 88.5 Å². The highest BCUT2D eigenvalue weighted by molar-refractivity contribution is 5.93. The number of anilines is 1. The molecule has 0 radical (unpaired) electrons. The zero-order chi connectivity index (χ0) is 10.8. The average Bonchev–Trinajstić information content (AvgIpc) is 2.61. The van der Waals surface area contributed by atoms with Gasteiger partial charge < -0.3 is 10.5 Å². The standard InChI is InChI=1S/C12H13NO2/c1-15-12(14)6-9-3-2-8-4-5-10(13)7-11(8)9/h4-7H,2-3,13H2,1H3/b9-6+. The molecule has 0 saturated carbocycles. The highest BCUT2D eigenvalue weighted by Gasteiger charge is 2.17. The second-order valence-corrected chi connectivity index (χ2v) is 3.61. The molecule has 1 aliphatic rings. The van der Waals surface area contributed by atoms with Crippen LogP contribution in [0.4, 0.5) is 5.69 Å². The van der Waals surface area contributed by atoms with E-state index in [0.717, 1.165) is 29.7 Å². The Morgan fingerprint density at radius 3 is 3.00 bits per heavy atom. The van der Waals surface area contributed by atoms with E-state index >= 15 is 0 Å². The molecule has 0 fully saturated rings. The van der Waals surface area contributed by atoms with Gasteiger partial charge in [0, 0.05) is 11.8 Å². The molecule has 1 aliphatic carbocycles. The molecule has 1 aromatic rings.